The number of nitrogens with one attached hydrogen (secondary N) is 2. The van der Waals surface area contributed by atoms with Crippen LogP contribution in [0.5, 0.6) is 0 Å². The minimum atomic E-state index is 0.0853. The monoisotopic (exact) mass is 326 g/mol. The summed E-state index contributed by atoms with van der Waals surface area (Å²) in [5.74, 6) is 0.822. The molecule has 1 amide bonds. The van der Waals surface area contributed by atoms with Crippen LogP contribution in [-0.2, 0) is 11.3 Å². The Hall–Kier alpha value is -1.87. The first-order chi connectivity index (χ1) is 11.7. The molecule has 0 aromatic heterocycles. The lowest BCUT2D eigenvalue weighted by atomic mass is 9.97. The lowest BCUT2D eigenvalue weighted by Gasteiger charge is -2.14. The maximum atomic E-state index is 11.9. The van der Waals surface area contributed by atoms with Gasteiger partial charge in [-0.05, 0) is 34.7 Å². The Bertz CT molecular complexity index is 639. The number of fused-ring (bicyclic) bond motifs is 1. The first-order valence-corrected chi connectivity index (χ1v) is 9.18. The van der Waals surface area contributed by atoms with Crippen LogP contribution < -0.4 is 10.6 Å². The van der Waals surface area contributed by atoms with E-state index in [-0.39, 0.29) is 5.91 Å². The number of hydrogen-bond acceptors (Lipinski definition) is 2. The van der Waals surface area contributed by atoms with Gasteiger partial charge in [-0.1, -0.05) is 69.5 Å². The molecule has 24 heavy (non-hydrogen) atoms. The highest BCUT2D eigenvalue weighted by Gasteiger charge is 2.06. The van der Waals surface area contributed by atoms with Gasteiger partial charge in [-0.2, -0.15) is 0 Å². The molecule has 0 fully saturated rings. The maximum absolute atomic E-state index is 11.9. The van der Waals surface area contributed by atoms with Crippen LogP contribution in [-0.4, -0.2) is 19.0 Å². The predicted molar refractivity (Wildman–Crippen MR) is 102 cm³/mol. The molecule has 0 aliphatic heterocycles. The molecule has 0 saturated heterocycles. The van der Waals surface area contributed by atoms with Gasteiger partial charge in [-0.25, -0.2) is 0 Å². The molecule has 2 aromatic carbocycles. The van der Waals surface area contributed by atoms with Crippen LogP contribution >= 0.6 is 0 Å². The number of carbonyl (C=O) groups excluding carboxylic acids is 1. The van der Waals surface area contributed by atoms with Crippen molar-refractivity contribution in [2.24, 2.45) is 5.92 Å². The predicted octanol–water partition coefficient (Wildman–Crippen LogP) is 4.26. The van der Waals surface area contributed by atoms with E-state index in [0.717, 1.165) is 18.9 Å². The molecule has 1 unspecified atom stereocenters. The molecular formula is C21H30N2O. The largest absolute Gasteiger partial charge is 0.355 e. The SMILES string of the molecule is CCCC(CC)CCNC(=O)CNCc1ccc2ccccc2c1. The average molecular weight is 326 g/mol. The number of rotatable bonds is 10. The van der Waals surface area contributed by atoms with Gasteiger partial charge in [0.05, 0.1) is 6.54 Å². The molecule has 0 bridgehead atoms. The summed E-state index contributed by atoms with van der Waals surface area (Å²) in [5, 5.41) is 8.74. The van der Waals surface area contributed by atoms with Crippen LogP contribution in [0.2, 0.25) is 0 Å². The van der Waals surface area contributed by atoms with E-state index >= 15 is 0 Å². The van der Waals surface area contributed by atoms with E-state index < -0.39 is 0 Å². The Balaban J connectivity index is 1.68. The quantitative estimate of drug-likeness (QED) is 0.685. The summed E-state index contributed by atoms with van der Waals surface area (Å²) in [4.78, 5) is 11.9. The minimum absolute atomic E-state index is 0.0853. The molecule has 2 rings (SSSR count). The minimum Gasteiger partial charge on any atom is -0.355 e. The number of benzene rings is 2. The standard InChI is InChI=1S/C21H30N2O/c1-3-7-17(4-2)12-13-23-21(24)16-22-15-18-10-11-19-8-5-6-9-20(19)14-18/h5-6,8-11,14,17,22H,3-4,7,12-13,15-16H2,1-2H3,(H,23,24). The molecule has 130 valence electrons. The molecule has 1 atom stereocenters. The maximum Gasteiger partial charge on any atom is 0.233 e. The summed E-state index contributed by atoms with van der Waals surface area (Å²) < 4.78 is 0. The van der Waals surface area contributed by atoms with Crippen LogP contribution in [0.4, 0.5) is 0 Å². The molecule has 3 nitrogen and oxygen atoms in total. The van der Waals surface area contributed by atoms with Crippen molar-refractivity contribution in [3.05, 3.63) is 48.0 Å². The molecular weight excluding hydrogens is 296 g/mol. The highest BCUT2D eigenvalue weighted by Crippen LogP contribution is 2.15. The molecule has 3 heteroatoms. The topological polar surface area (TPSA) is 41.1 Å². The second kappa shape index (κ2) is 10.1. The Kier molecular flexibility index (Phi) is 7.76. The van der Waals surface area contributed by atoms with E-state index in [0.29, 0.717) is 13.1 Å². The number of amides is 1. The Labute approximate surface area is 145 Å². The Morgan fingerprint density at radius 1 is 1.04 bits per heavy atom. The zero-order chi connectivity index (χ0) is 17.2. The van der Waals surface area contributed by atoms with Gasteiger partial charge in [0.1, 0.15) is 0 Å². The van der Waals surface area contributed by atoms with Crippen molar-refractivity contribution in [2.45, 2.75) is 46.1 Å². The third kappa shape index (κ3) is 5.97. The van der Waals surface area contributed by atoms with Crippen molar-refractivity contribution in [3.8, 4) is 0 Å². The normalized spacial score (nSPS) is 12.2. The summed E-state index contributed by atoms with van der Waals surface area (Å²) in [6.45, 7) is 6.32. The van der Waals surface area contributed by atoms with Crippen LogP contribution in [0, 0.1) is 5.92 Å². The van der Waals surface area contributed by atoms with Crippen LogP contribution in [0.25, 0.3) is 10.8 Å². The summed E-state index contributed by atoms with van der Waals surface area (Å²) in [5.41, 5.74) is 1.20. The van der Waals surface area contributed by atoms with Gasteiger partial charge in [0.15, 0.2) is 0 Å². The Morgan fingerprint density at radius 3 is 2.58 bits per heavy atom. The molecule has 0 radical (unpaired) electrons. The summed E-state index contributed by atoms with van der Waals surface area (Å²) >= 11 is 0. The molecule has 0 spiro atoms. The van der Waals surface area contributed by atoms with E-state index in [1.165, 1.54) is 35.6 Å². The first kappa shape index (κ1) is 18.5. The smallest absolute Gasteiger partial charge is 0.233 e. The Morgan fingerprint density at radius 2 is 1.83 bits per heavy atom. The first-order valence-electron chi connectivity index (χ1n) is 9.18. The zero-order valence-corrected chi connectivity index (χ0v) is 15.0. The van der Waals surface area contributed by atoms with Crippen molar-refractivity contribution in [2.75, 3.05) is 13.1 Å². The van der Waals surface area contributed by atoms with Crippen molar-refractivity contribution in [1.29, 1.82) is 0 Å². The van der Waals surface area contributed by atoms with E-state index in [1.807, 2.05) is 6.07 Å². The van der Waals surface area contributed by atoms with Gasteiger partial charge in [0, 0.05) is 13.1 Å². The van der Waals surface area contributed by atoms with Gasteiger partial charge >= 0.3 is 0 Å². The van der Waals surface area contributed by atoms with Gasteiger partial charge in [0.25, 0.3) is 0 Å². The van der Waals surface area contributed by atoms with Crippen molar-refractivity contribution < 1.29 is 4.79 Å². The van der Waals surface area contributed by atoms with Crippen LogP contribution in [0.15, 0.2) is 42.5 Å². The van der Waals surface area contributed by atoms with Gasteiger partial charge in [-0.15, -0.1) is 0 Å². The molecule has 0 aliphatic carbocycles. The van der Waals surface area contributed by atoms with Crippen molar-refractivity contribution >= 4 is 16.7 Å². The lowest BCUT2D eigenvalue weighted by Crippen LogP contribution is -2.34. The molecule has 0 aliphatic rings. The fraction of sp³-hybridized carbons (Fsp3) is 0.476. The molecule has 2 aromatic rings. The third-order valence-corrected chi connectivity index (χ3v) is 4.58. The van der Waals surface area contributed by atoms with E-state index in [1.54, 1.807) is 0 Å². The van der Waals surface area contributed by atoms with E-state index in [9.17, 15) is 4.79 Å². The molecule has 2 N–H and O–H groups in total. The summed E-state index contributed by atoms with van der Waals surface area (Å²) in [6, 6.07) is 14.8. The van der Waals surface area contributed by atoms with Crippen LogP contribution in [0.1, 0.15) is 45.1 Å². The van der Waals surface area contributed by atoms with Gasteiger partial charge < -0.3 is 10.6 Å². The zero-order valence-electron chi connectivity index (χ0n) is 15.0. The van der Waals surface area contributed by atoms with E-state index in [4.69, 9.17) is 0 Å². The highest BCUT2D eigenvalue weighted by molar-refractivity contribution is 5.83. The van der Waals surface area contributed by atoms with Crippen molar-refractivity contribution in [3.63, 3.8) is 0 Å². The fourth-order valence-electron chi connectivity index (χ4n) is 3.11. The summed E-state index contributed by atoms with van der Waals surface area (Å²) in [7, 11) is 0. The number of hydrogen-bond donors (Lipinski definition) is 2. The second-order valence-corrected chi connectivity index (χ2v) is 6.49. The second-order valence-electron chi connectivity index (χ2n) is 6.49. The van der Waals surface area contributed by atoms with Crippen molar-refractivity contribution in [1.82, 2.24) is 10.6 Å². The van der Waals surface area contributed by atoms with Crippen LogP contribution in [0.3, 0.4) is 0 Å². The van der Waals surface area contributed by atoms with E-state index in [2.05, 4.69) is 60.9 Å². The molecule has 0 heterocycles. The highest BCUT2D eigenvalue weighted by atomic mass is 16.1. The van der Waals surface area contributed by atoms with Gasteiger partial charge in [0.2, 0.25) is 5.91 Å². The average Bonchev–Trinajstić information content (AvgIpc) is 2.61. The fourth-order valence-corrected chi connectivity index (χ4v) is 3.11. The summed E-state index contributed by atoms with van der Waals surface area (Å²) in [6.07, 6.45) is 4.76. The number of carbonyl (C=O) groups is 1. The third-order valence-electron chi connectivity index (χ3n) is 4.58. The van der Waals surface area contributed by atoms with Gasteiger partial charge in [-0.3, -0.25) is 4.79 Å². The molecule has 0 saturated carbocycles. The lowest BCUT2D eigenvalue weighted by molar-refractivity contribution is -0.120.